The van der Waals surface area contributed by atoms with Crippen molar-refractivity contribution in [2.45, 2.75) is 38.8 Å². The zero-order valence-corrected chi connectivity index (χ0v) is 12.1. The first kappa shape index (κ1) is 14.2. The first-order valence-electron chi connectivity index (χ1n) is 6.81. The van der Waals surface area contributed by atoms with Gasteiger partial charge >= 0.3 is 0 Å². The molecule has 0 aromatic rings. The summed E-state index contributed by atoms with van der Waals surface area (Å²) in [7, 11) is -3.20. The predicted molar refractivity (Wildman–Crippen MR) is 71.0 cm³/mol. The lowest BCUT2D eigenvalue weighted by Crippen LogP contribution is -2.50. The molecule has 3 unspecified atom stereocenters. The summed E-state index contributed by atoms with van der Waals surface area (Å²) >= 11 is 0. The number of morpholine rings is 1. The van der Waals surface area contributed by atoms with Crippen molar-refractivity contribution in [3.8, 4) is 0 Å². The lowest BCUT2D eigenvalue weighted by atomic mass is 9.97. The van der Waals surface area contributed by atoms with Crippen LogP contribution in [0.25, 0.3) is 0 Å². The van der Waals surface area contributed by atoms with Crippen LogP contribution in [0, 0.1) is 5.92 Å². The molecule has 0 aliphatic carbocycles. The summed E-state index contributed by atoms with van der Waals surface area (Å²) in [4.78, 5) is 0. The molecular formula is C12H24N2O3S. The fraction of sp³-hybridized carbons (Fsp3) is 1.00. The van der Waals surface area contributed by atoms with E-state index < -0.39 is 10.0 Å². The zero-order chi connectivity index (χ0) is 13.2. The number of nitrogens with zero attached hydrogens (tertiary/aromatic N) is 1. The van der Waals surface area contributed by atoms with E-state index in [4.69, 9.17) is 4.74 Å². The van der Waals surface area contributed by atoms with Gasteiger partial charge in [0.1, 0.15) is 0 Å². The van der Waals surface area contributed by atoms with Gasteiger partial charge in [-0.25, -0.2) is 8.42 Å². The highest BCUT2D eigenvalue weighted by Gasteiger charge is 2.34. The Kier molecular flexibility index (Phi) is 4.64. The second-order valence-corrected chi connectivity index (χ2v) is 7.54. The number of ether oxygens (including phenoxy) is 1. The Morgan fingerprint density at radius 2 is 2.11 bits per heavy atom. The molecule has 0 bridgehead atoms. The molecule has 0 saturated carbocycles. The van der Waals surface area contributed by atoms with Crippen LogP contribution in [0.4, 0.5) is 0 Å². The molecule has 2 saturated heterocycles. The molecular weight excluding hydrogens is 252 g/mol. The summed E-state index contributed by atoms with van der Waals surface area (Å²) in [6.45, 7) is 6.83. The second-order valence-electron chi connectivity index (χ2n) is 5.58. The molecule has 2 heterocycles. The third-order valence-electron chi connectivity index (χ3n) is 3.82. The molecule has 2 aliphatic heterocycles. The van der Waals surface area contributed by atoms with Crippen molar-refractivity contribution in [1.29, 1.82) is 0 Å². The van der Waals surface area contributed by atoms with Crippen molar-refractivity contribution < 1.29 is 13.2 Å². The number of sulfonamides is 1. The maximum Gasteiger partial charge on any atom is 0.216 e. The maximum absolute atomic E-state index is 12.4. The highest BCUT2D eigenvalue weighted by atomic mass is 32.2. The molecule has 106 valence electrons. The largest absolute Gasteiger partial charge is 0.374 e. The molecule has 0 spiro atoms. The van der Waals surface area contributed by atoms with Crippen LogP contribution in [0.1, 0.15) is 26.7 Å². The van der Waals surface area contributed by atoms with Gasteiger partial charge in [0.15, 0.2) is 0 Å². The van der Waals surface area contributed by atoms with Crippen molar-refractivity contribution in [2.24, 2.45) is 5.92 Å². The molecule has 0 amide bonds. The van der Waals surface area contributed by atoms with Crippen LogP contribution in [-0.4, -0.2) is 56.9 Å². The van der Waals surface area contributed by atoms with Gasteiger partial charge in [-0.2, -0.15) is 4.31 Å². The standard InChI is InChI=1S/C12H24N2O3S/c1-10-3-4-11(2)14(8-10)18(15,16)9-12-7-13-5-6-17-12/h10-13H,3-9H2,1-2H3. The summed E-state index contributed by atoms with van der Waals surface area (Å²) in [6, 6.07) is 0.128. The lowest BCUT2D eigenvalue weighted by molar-refractivity contribution is 0.0418. The summed E-state index contributed by atoms with van der Waals surface area (Å²) in [5.41, 5.74) is 0. The quantitative estimate of drug-likeness (QED) is 0.812. The fourth-order valence-corrected chi connectivity index (χ4v) is 4.70. The van der Waals surface area contributed by atoms with Gasteiger partial charge < -0.3 is 10.1 Å². The Labute approximate surface area is 110 Å². The summed E-state index contributed by atoms with van der Waals surface area (Å²) in [5, 5.41) is 3.17. The van der Waals surface area contributed by atoms with E-state index in [1.807, 2.05) is 6.92 Å². The van der Waals surface area contributed by atoms with Gasteiger partial charge in [0.2, 0.25) is 10.0 Å². The zero-order valence-electron chi connectivity index (χ0n) is 11.3. The Morgan fingerprint density at radius 3 is 2.78 bits per heavy atom. The number of rotatable bonds is 3. The maximum atomic E-state index is 12.4. The van der Waals surface area contributed by atoms with Crippen LogP contribution in [0.15, 0.2) is 0 Å². The Balaban J connectivity index is 2.00. The predicted octanol–water partition coefficient (Wildman–Crippen LogP) is 0.425. The van der Waals surface area contributed by atoms with Crippen LogP contribution in [0.3, 0.4) is 0 Å². The first-order valence-corrected chi connectivity index (χ1v) is 8.42. The van der Waals surface area contributed by atoms with Gasteiger partial charge in [-0.15, -0.1) is 0 Å². The average molecular weight is 276 g/mol. The monoisotopic (exact) mass is 276 g/mol. The molecule has 5 nitrogen and oxygen atoms in total. The molecule has 0 radical (unpaired) electrons. The van der Waals surface area contributed by atoms with Gasteiger partial charge in [-0.05, 0) is 25.7 Å². The molecule has 6 heteroatoms. The highest BCUT2D eigenvalue weighted by Crippen LogP contribution is 2.24. The molecule has 2 rings (SSSR count). The van der Waals surface area contributed by atoms with Crippen LogP contribution >= 0.6 is 0 Å². The van der Waals surface area contributed by atoms with Gasteiger partial charge in [0.25, 0.3) is 0 Å². The van der Waals surface area contributed by atoms with Crippen LogP contribution in [0.2, 0.25) is 0 Å². The lowest BCUT2D eigenvalue weighted by Gasteiger charge is -2.36. The number of piperidine rings is 1. The molecule has 18 heavy (non-hydrogen) atoms. The third-order valence-corrected chi connectivity index (χ3v) is 5.84. The van der Waals surface area contributed by atoms with E-state index in [2.05, 4.69) is 12.2 Å². The normalized spacial score (nSPS) is 35.6. The van der Waals surface area contributed by atoms with Crippen LogP contribution in [-0.2, 0) is 14.8 Å². The molecule has 1 N–H and O–H groups in total. The van der Waals surface area contributed by atoms with E-state index in [1.165, 1.54) is 0 Å². The SMILES string of the molecule is CC1CCC(C)N(S(=O)(=O)CC2CNCCO2)C1. The van der Waals surface area contributed by atoms with Gasteiger partial charge in [-0.1, -0.05) is 6.92 Å². The van der Waals surface area contributed by atoms with E-state index in [0.29, 0.717) is 25.6 Å². The number of hydrogen-bond acceptors (Lipinski definition) is 4. The number of hydrogen-bond donors (Lipinski definition) is 1. The topological polar surface area (TPSA) is 58.6 Å². The van der Waals surface area contributed by atoms with Crippen LogP contribution in [0.5, 0.6) is 0 Å². The van der Waals surface area contributed by atoms with Gasteiger partial charge in [0, 0.05) is 25.7 Å². The summed E-state index contributed by atoms with van der Waals surface area (Å²) in [6.07, 6.45) is 1.88. The van der Waals surface area contributed by atoms with E-state index in [0.717, 1.165) is 19.4 Å². The van der Waals surface area contributed by atoms with Crippen molar-refractivity contribution >= 4 is 10.0 Å². The Bertz CT molecular complexity index is 366. The van der Waals surface area contributed by atoms with Gasteiger partial charge in [0.05, 0.1) is 18.5 Å². The Morgan fingerprint density at radius 1 is 1.33 bits per heavy atom. The third kappa shape index (κ3) is 3.44. The average Bonchev–Trinajstić information content (AvgIpc) is 2.33. The fourth-order valence-electron chi connectivity index (χ4n) is 2.69. The van der Waals surface area contributed by atoms with Gasteiger partial charge in [-0.3, -0.25) is 0 Å². The molecule has 3 atom stereocenters. The van der Waals surface area contributed by atoms with Crippen LogP contribution < -0.4 is 5.32 Å². The smallest absolute Gasteiger partial charge is 0.216 e. The van der Waals surface area contributed by atoms with Crippen molar-refractivity contribution in [1.82, 2.24) is 9.62 Å². The van der Waals surface area contributed by atoms with Crippen molar-refractivity contribution in [2.75, 3.05) is 32.0 Å². The Hall–Kier alpha value is -0.170. The summed E-state index contributed by atoms with van der Waals surface area (Å²) < 4.78 is 32.0. The van der Waals surface area contributed by atoms with E-state index >= 15 is 0 Å². The molecule has 0 aromatic heterocycles. The molecule has 2 aliphatic rings. The van der Waals surface area contributed by atoms with E-state index in [1.54, 1.807) is 4.31 Å². The summed E-state index contributed by atoms with van der Waals surface area (Å²) in [5.74, 6) is 0.568. The first-order chi connectivity index (χ1) is 8.49. The number of nitrogens with one attached hydrogen (secondary N) is 1. The molecule has 0 aromatic carbocycles. The highest BCUT2D eigenvalue weighted by molar-refractivity contribution is 7.89. The second kappa shape index (κ2) is 5.86. The minimum atomic E-state index is -3.20. The molecule has 2 fully saturated rings. The minimum absolute atomic E-state index is 0.108. The van der Waals surface area contributed by atoms with E-state index in [-0.39, 0.29) is 17.9 Å². The minimum Gasteiger partial charge on any atom is -0.374 e. The van der Waals surface area contributed by atoms with E-state index in [9.17, 15) is 8.42 Å². The van der Waals surface area contributed by atoms with Crippen molar-refractivity contribution in [3.05, 3.63) is 0 Å². The van der Waals surface area contributed by atoms with Crippen molar-refractivity contribution in [3.63, 3.8) is 0 Å².